The number of nitrogens with zero attached hydrogens (tertiary/aromatic N) is 3. The number of pyridine rings is 1. The van der Waals surface area contributed by atoms with E-state index >= 15 is 0 Å². The van der Waals surface area contributed by atoms with Crippen molar-refractivity contribution >= 4 is 12.2 Å². The van der Waals surface area contributed by atoms with E-state index in [4.69, 9.17) is 21.7 Å². The van der Waals surface area contributed by atoms with Gasteiger partial charge in [-0.2, -0.15) is 5.10 Å². The van der Waals surface area contributed by atoms with Crippen LogP contribution in [0.4, 0.5) is 0 Å². The summed E-state index contributed by atoms with van der Waals surface area (Å²) in [6.07, 6.45) is 3.45. The molecule has 32 heavy (non-hydrogen) atoms. The highest BCUT2D eigenvalue weighted by molar-refractivity contribution is 7.71. The molecule has 0 aliphatic heterocycles. The van der Waals surface area contributed by atoms with Gasteiger partial charge in [-0.05, 0) is 67.0 Å². The van der Waals surface area contributed by atoms with E-state index in [2.05, 4.69) is 39.7 Å². The van der Waals surface area contributed by atoms with Crippen LogP contribution < -0.4 is 14.9 Å². The Kier molecular flexibility index (Phi) is 6.81. The summed E-state index contributed by atoms with van der Waals surface area (Å²) in [4.78, 5) is 4.06. The summed E-state index contributed by atoms with van der Waals surface area (Å²) in [5.41, 5.74) is 7.63. The highest BCUT2D eigenvalue weighted by Crippen LogP contribution is 2.30. The third-order valence-corrected chi connectivity index (χ3v) is 5.28. The summed E-state index contributed by atoms with van der Waals surface area (Å²) in [7, 11) is 0. The molecule has 0 radical (unpaired) electrons. The summed E-state index contributed by atoms with van der Waals surface area (Å²) in [6.45, 7) is 5.62. The van der Waals surface area contributed by atoms with Crippen LogP contribution in [0.15, 0.2) is 67.0 Å². The monoisotopic (exact) mass is 447 g/mol. The fraction of sp³-hybridized carbons (Fsp3) is 0.208. The van der Waals surface area contributed by atoms with Gasteiger partial charge < -0.3 is 14.9 Å². The minimum Gasteiger partial charge on any atom is -0.490 e. The van der Waals surface area contributed by atoms with Crippen molar-refractivity contribution in [3.8, 4) is 22.9 Å². The lowest BCUT2D eigenvalue weighted by molar-refractivity contribution is 0.268. The molecule has 0 saturated heterocycles. The fourth-order valence-corrected chi connectivity index (χ4v) is 3.48. The lowest BCUT2D eigenvalue weighted by atomic mass is 10.1. The third kappa shape index (κ3) is 4.97. The Morgan fingerprint density at radius 1 is 1.03 bits per heavy atom. The predicted octanol–water partition coefficient (Wildman–Crippen LogP) is 5.03. The second-order valence-electron chi connectivity index (χ2n) is 7.19. The first-order valence-electron chi connectivity index (χ1n) is 10.4. The second kappa shape index (κ2) is 10.1. The van der Waals surface area contributed by atoms with E-state index in [-0.39, 0.29) is 0 Å². The van der Waals surface area contributed by atoms with Crippen LogP contribution >= 0.6 is 12.2 Å². The van der Waals surface area contributed by atoms with Crippen LogP contribution in [0, 0.1) is 11.7 Å². The molecule has 2 aromatic heterocycles. The van der Waals surface area contributed by atoms with Crippen LogP contribution in [0.2, 0.25) is 0 Å². The molecule has 0 aliphatic carbocycles. The molecule has 0 bridgehead atoms. The van der Waals surface area contributed by atoms with Crippen LogP contribution in [0.5, 0.6) is 11.5 Å². The molecule has 2 heterocycles. The van der Waals surface area contributed by atoms with Gasteiger partial charge in [0, 0.05) is 18.0 Å². The number of hydrogen-bond donors (Lipinski definition) is 2. The van der Waals surface area contributed by atoms with E-state index in [9.17, 15) is 0 Å². The maximum atomic E-state index is 6.07. The molecular weight excluding hydrogens is 422 g/mol. The number of aromatic nitrogens is 4. The van der Waals surface area contributed by atoms with Gasteiger partial charge in [-0.15, -0.1) is 0 Å². The van der Waals surface area contributed by atoms with Crippen LogP contribution in [-0.2, 0) is 13.2 Å². The SMILES string of the molecule is CCOc1cc(CNn2c(-c3ccncc3)n[nH]c2=S)ccc1OCc1ccccc1C. The Balaban J connectivity index is 1.49. The van der Waals surface area contributed by atoms with Crippen LogP contribution in [-0.4, -0.2) is 26.5 Å². The van der Waals surface area contributed by atoms with Crippen molar-refractivity contribution in [3.05, 3.63) is 88.5 Å². The van der Waals surface area contributed by atoms with E-state index in [0.717, 1.165) is 22.4 Å². The summed E-state index contributed by atoms with van der Waals surface area (Å²) < 4.78 is 14.2. The number of aryl methyl sites for hydroxylation is 1. The zero-order valence-electron chi connectivity index (χ0n) is 18.0. The molecule has 0 amide bonds. The molecule has 2 N–H and O–H groups in total. The molecule has 0 spiro atoms. The molecule has 4 aromatic rings. The molecule has 2 aromatic carbocycles. The first kappa shape index (κ1) is 21.6. The van der Waals surface area contributed by atoms with Gasteiger partial charge in [0.1, 0.15) is 6.61 Å². The minimum atomic E-state index is 0.486. The van der Waals surface area contributed by atoms with Gasteiger partial charge in [0.25, 0.3) is 0 Å². The average Bonchev–Trinajstić information content (AvgIpc) is 3.19. The Morgan fingerprint density at radius 3 is 2.62 bits per heavy atom. The summed E-state index contributed by atoms with van der Waals surface area (Å²) in [6, 6.07) is 17.9. The number of rotatable bonds is 9. The predicted molar refractivity (Wildman–Crippen MR) is 127 cm³/mol. The van der Waals surface area contributed by atoms with Crippen LogP contribution in [0.1, 0.15) is 23.6 Å². The lowest BCUT2D eigenvalue weighted by Gasteiger charge is -2.15. The number of aromatic amines is 1. The molecular formula is C24H25N5O2S. The maximum Gasteiger partial charge on any atom is 0.214 e. The molecule has 164 valence electrons. The fourth-order valence-electron chi connectivity index (χ4n) is 3.29. The van der Waals surface area contributed by atoms with E-state index in [0.29, 0.717) is 36.1 Å². The van der Waals surface area contributed by atoms with Gasteiger partial charge >= 0.3 is 0 Å². The van der Waals surface area contributed by atoms with Gasteiger partial charge in [0.15, 0.2) is 17.3 Å². The zero-order valence-corrected chi connectivity index (χ0v) is 18.9. The van der Waals surface area contributed by atoms with Gasteiger partial charge in [0.05, 0.1) is 13.2 Å². The Bertz CT molecular complexity index is 1240. The standard InChI is InChI=1S/C24H25N5O2S/c1-3-30-22-14-18(8-9-21(22)31-16-20-7-5-4-6-17(20)2)15-26-29-23(27-28-24(29)32)19-10-12-25-13-11-19/h4-14,26H,3,15-16H2,1-2H3,(H,28,32). The largest absolute Gasteiger partial charge is 0.490 e. The van der Waals surface area contributed by atoms with Gasteiger partial charge in [0.2, 0.25) is 4.77 Å². The molecule has 4 rings (SSSR count). The van der Waals surface area contributed by atoms with Crippen molar-refractivity contribution in [2.24, 2.45) is 0 Å². The first-order valence-corrected chi connectivity index (χ1v) is 10.8. The van der Waals surface area contributed by atoms with E-state index in [1.807, 2.05) is 49.4 Å². The molecule has 0 aliphatic rings. The number of hydrogen-bond acceptors (Lipinski definition) is 6. The van der Waals surface area contributed by atoms with Crippen molar-refractivity contribution in [1.29, 1.82) is 0 Å². The number of benzene rings is 2. The van der Waals surface area contributed by atoms with Crippen molar-refractivity contribution in [1.82, 2.24) is 19.9 Å². The average molecular weight is 448 g/mol. The van der Waals surface area contributed by atoms with Crippen molar-refractivity contribution in [3.63, 3.8) is 0 Å². The van der Waals surface area contributed by atoms with E-state index in [1.165, 1.54) is 5.56 Å². The molecule has 7 nitrogen and oxygen atoms in total. The third-order valence-electron chi connectivity index (χ3n) is 5.00. The molecule has 0 unspecified atom stereocenters. The minimum absolute atomic E-state index is 0.486. The number of ether oxygens (including phenoxy) is 2. The number of nitrogens with one attached hydrogen (secondary N) is 2. The molecule has 8 heteroatoms. The maximum absolute atomic E-state index is 6.07. The number of H-pyrrole nitrogens is 1. The first-order chi connectivity index (χ1) is 15.7. The van der Waals surface area contributed by atoms with Crippen LogP contribution in [0.3, 0.4) is 0 Å². The Morgan fingerprint density at radius 2 is 1.84 bits per heavy atom. The smallest absolute Gasteiger partial charge is 0.214 e. The molecule has 0 saturated carbocycles. The summed E-state index contributed by atoms with van der Waals surface area (Å²) in [5.74, 6) is 2.13. The quantitative estimate of drug-likeness (QED) is 0.350. The van der Waals surface area contributed by atoms with Gasteiger partial charge in [-0.25, -0.2) is 9.77 Å². The van der Waals surface area contributed by atoms with E-state index < -0.39 is 0 Å². The van der Waals surface area contributed by atoms with Crippen molar-refractivity contribution in [2.45, 2.75) is 27.0 Å². The Hall–Kier alpha value is -3.65. The lowest BCUT2D eigenvalue weighted by Crippen LogP contribution is -2.16. The van der Waals surface area contributed by atoms with Crippen molar-refractivity contribution in [2.75, 3.05) is 12.0 Å². The topological polar surface area (TPSA) is 77.0 Å². The zero-order chi connectivity index (χ0) is 22.3. The van der Waals surface area contributed by atoms with Gasteiger partial charge in [-0.3, -0.25) is 4.98 Å². The van der Waals surface area contributed by atoms with E-state index in [1.54, 1.807) is 17.1 Å². The summed E-state index contributed by atoms with van der Waals surface area (Å²) >= 11 is 5.39. The Labute approximate surface area is 192 Å². The highest BCUT2D eigenvalue weighted by atomic mass is 32.1. The normalized spacial score (nSPS) is 10.7. The van der Waals surface area contributed by atoms with Crippen LogP contribution in [0.25, 0.3) is 11.4 Å². The van der Waals surface area contributed by atoms with Crippen molar-refractivity contribution < 1.29 is 9.47 Å². The molecule has 0 fully saturated rings. The van der Waals surface area contributed by atoms with Gasteiger partial charge in [-0.1, -0.05) is 30.3 Å². The molecule has 0 atom stereocenters. The highest BCUT2D eigenvalue weighted by Gasteiger charge is 2.11. The summed E-state index contributed by atoms with van der Waals surface area (Å²) in [5, 5.41) is 7.17. The second-order valence-corrected chi connectivity index (χ2v) is 7.57.